The SMILES string of the molecule is Cc1nnc(CN2C[C@@H](O)C[C@H]2c2cccc(F)c2)o1. The number of β-amino-alcohol motifs (C(OH)–C–C–N with tert-alkyl or cyclic N) is 1. The Balaban J connectivity index is 1.81. The van der Waals surface area contributed by atoms with Crippen molar-refractivity contribution in [2.24, 2.45) is 0 Å². The van der Waals surface area contributed by atoms with E-state index in [4.69, 9.17) is 4.42 Å². The van der Waals surface area contributed by atoms with E-state index in [1.165, 1.54) is 12.1 Å². The third kappa shape index (κ3) is 2.71. The number of aliphatic hydroxyl groups excluding tert-OH is 1. The minimum atomic E-state index is -0.424. The molecule has 0 radical (unpaired) electrons. The van der Waals surface area contributed by atoms with Crippen LogP contribution in [0.5, 0.6) is 0 Å². The molecular weight excluding hydrogens is 261 g/mol. The molecule has 6 heteroatoms. The van der Waals surface area contributed by atoms with Gasteiger partial charge >= 0.3 is 0 Å². The predicted octanol–water partition coefficient (Wildman–Crippen LogP) is 1.83. The molecule has 0 unspecified atom stereocenters. The minimum absolute atomic E-state index is 0.0343. The maximum absolute atomic E-state index is 13.4. The Kier molecular flexibility index (Phi) is 3.50. The number of aromatic nitrogens is 2. The molecule has 1 aliphatic heterocycles. The van der Waals surface area contributed by atoms with Gasteiger partial charge in [0, 0.05) is 19.5 Å². The maximum atomic E-state index is 13.4. The van der Waals surface area contributed by atoms with Crippen molar-refractivity contribution >= 4 is 0 Å². The Labute approximate surface area is 116 Å². The number of hydrogen-bond donors (Lipinski definition) is 1. The molecule has 2 atom stereocenters. The van der Waals surface area contributed by atoms with Crippen molar-refractivity contribution in [1.82, 2.24) is 15.1 Å². The van der Waals surface area contributed by atoms with Crippen LogP contribution in [0.3, 0.4) is 0 Å². The summed E-state index contributed by atoms with van der Waals surface area (Å²) in [5.74, 6) is 0.762. The monoisotopic (exact) mass is 277 g/mol. The van der Waals surface area contributed by atoms with E-state index in [1.807, 2.05) is 11.0 Å². The summed E-state index contributed by atoms with van der Waals surface area (Å²) in [6.07, 6.45) is 0.156. The van der Waals surface area contributed by atoms with Gasteiger partial charge in [-0.1, -0.05) is 12.1 Å². The van der Waals surface area contributed by atoms with Gasteiger partial charge in [0.25, 0.3) is 0 Å². The van der Waals surface area contributed by atoms with Crippen molar-refractivity contribution in [1.29, 1.82) is 0 Å². The molecule has 1 aliphatic rings. The van der Waals surface area contributed by atoms with Crippen molar-refractivity contribution in [2.45, 2.75) is 32.0 Å². The second-order valence-electron chi connectivity index (χ2n) is 5.10. The van der Waals surface area contributed by atoms with Gasteiger partial charge in [0.2, 0.25) is 11.8 Å². The van der Waals surface area contributed by atoms with Crippen molar-refractivity contribution < 1.29 is 13.9 Å². The lowest BCUT2D eigenvalue weighted by atomic mass is 10.0. The van der Waals surface area contributed by atoms with Gasteiger partial charge in [-0.3, -0.25) is 4.90 Å². The third-order valence-corrected chi connectivity index (χ3v) is 3.52. The van der Waals surface area contributed by atoms with Crippen LogP contribution in [0, 0.1) is 12.7 Å². The average molecular weight is 277 g/mol. The Morgan fingerprint density at radius 1 is 1.45 bits per heavy atom. The zero-order valence-corrected chi connectivity index (χ0v) is 11.2. The van der Waals surface area contributed by atoms with Crippen LogP contribution >= 0.6 is 0 Å². The molecule has 1 aromatic carbocycles. The highest BCUT2D eigenvalue weighted by Crippen LogP contribution is 2.33. The first-order chi connectivity index (χ1) is 9.61. The molecule has 1 N–H and O–H groups in total. The van der Waals surface area contributed by atoms with Gasteiger partial charge in [-0.25, -0.2) is 4.39 Å². The van der Waals surface area contributed by atoms with Crippen LogP contribution in [-0.4, -0.2) is 32.9 Å². The molecule has 106 valence electrons. The van der Waals surface area contributed by atoms with Crippen LogP contribution < -0.4 is 0 Å². The summed E-state index contributed by atoms with van der Waals surface area (Å²) in [6, 6.07) is 6.45. The Morgan fingerprint density at radius 2 is 2.30 bits per heavy atom. The second kappa shape index (κ2) is 5.30. The normalized spacial score (nSPS) is 23.4. The number of aliphatic hydroxyl groups is 1. The Morgan fingerprint density at radius 3 is 3.00 bits per heavy atom. The van der Waals surface area contributed by atoms with Crippen molar-refractivity contribution in [3.63, 3.8) is 0 Å². The fourth-order valence-corrected chi connectivity index (χ4v) is 2.69. The summed E-state index contributed by atoms with van der Waals surface area (Å²) in [5, 5.41) is 17.6. The molecule has 1 fully saturated rings. The highest BCUT2D eigenvalue weighted by atomic mass is 19.1. The molecule has 3 rings (SSSR count). The largest absolute Gasteiger partial charge is 0.424 e. The highest BCUT2D eigenvalue weighted by molar-refractivity contribution is 5.21. The van der Waals surface area contributed by atoms with Crippen LogP contribution in [0.4, 0.5) is 4.39 Å². The molecule has 20 heavy (non-hydrogen) atoms. The fraction of sp³-hybridized carbons (Fsp3) is 0.429. The molecule has 0 saturated carbocycles. The fourth-order valence-electron chi connectivity index (χ4n) is 2.69. The number of hydrogen-bond acceptors (Lipinski definition) is 5. The first kappa shape index (κ1) is 13.2. The number of likely N-dealkylation sites (tertiary alicyclic amines) is 1. The first-order valence-corrected chi connectivity index (χ1v) is 6.58. The van der Waals surface area contributed by atoms with Crippen LogP contribution in [0.15, 0.2) is 28.7 Å². The molecule has 1 aromatic heterocycles. The topological polar surface area (TPSA) is 62.4 Å². The summed E-state index contributed by atoms with van der Waals surface area (Å²) in [6.45, 7) is 2.71. The van der Waals surface area contributed by atoms with Crippen molar-refractivity contribution in [2.75, 3.05) is 6.54 Å². The van der Waals surface area contributed by atoms with E-state index >= 15 is 0 Å². The quantitative estimate of drug-likeness (QED) is 0.927. The second-order valence-corrected chi connectivity index (χ2v) is 5.10. The van der Waals surface area contributed by atoms with E-state index < -0.39 is 6.10 Å². The third-order valence-electron chi connectivity index (χ3n) is 3.52. The summed E-state index contributed by atoms with van der Waals surface area (Å²) in [4.78, 5) is 2.03. The van der Waals surface area contributed by atoms with Gasteiger partial charge in [-0.2, -0.15) is 0 Å². The summed E-state index contributed by atoms with van der Waals surface area (Å²) >= 11 is 0. The van der Waals surface area contributed by atoms with E-state index in [0.717, 1.165) is 5.56 Å². The van der Waals surface area contributed by atoms with Gasteiger partial charge in [0.05, 0.1) is 12.6 Å². The van der Waals surface area contributed by atoms with Crippen LogP contribution in [0.2, 0.25) is 0 Å². The number of halogens is 1. The summed E-state index contributed by atoms with van der Waals surface area (Å²) in [7, 11) is 0. The first-order valence-electron chi connectivity index (χ1n) is 6.58. The zero-order chi connectivity index (χ0) is 14.1. The molecule has 2 aromatic rings. The number of nitrogens with zero attached hydrogens (tertiary/aromatic N) is 3. The zero-order valence-electron chi connectivity index (χ0n) is 11.2. The van der Waals surface area contributed by atoms with E-state index in [1.54, 1.807) is 13.0 Å². The highest BCUT2D eigenvalue weighted by Gasteiger charge is 2.33. The molecule has 0 aliphatic carbocycles. The summed E-state index contributed by atoms with van der Waals surface area (Å²) < 4.78 is 18.7. The molecule has 2 heterocycles. The predicted molar refractivity (Wildman–Crippen MR) is 69.2 cm³/mol. The van der Waals surface area contributed by atoms with Gasteiger partial charge in [0.15, 0.2) is 0 Å². The molecule has 0 amide bonds. The number of aryl methyl sites for hydroxylation is 1. The van der Waals surface area contributed by atoms with E-state index in [2.05, 4.69) is 10.2 Å². The molecular formula is C14H16FN3O2. The minimum Gasteiger partial charge on any atom is -0.424 e. The van der Waals surface area contributed by atoms with Crippen LogP contribution in [0.25, 0.3) is 0 Å². The lowest BCUT2D eigenvalue weighted by molar-refractivity contribution is 0.167. The van der Waals surface area contributed by atoms with E-state index in [0.29, 0.717) is 31.3 Å². The van der Waals surface area contributed by atoms with Gasteiger partial charge < -0.3 is 9.52 Å². The molecule has 1 saturated heterocycles. The number of benzene rings is 1. The Hall–Kier alpha value is -1.79. The van der Waals surface area contributed by atoms with E-state index in [9.17, 15) is 9.50 Å². The van der Waals surface area contributed by atoms with Gasteiger partial charge in [-0.05, 0) is 24.1 Å². The Bertz CT molecular complexity index is 602. The molecule has 5 nitrogen and oxygen atoms in total. The molecule has 0 bridgehead atoms. The average Bonchev–Trinajstić information content (AvgIpc) is 2.96. The smallest absolute Gasteiger partial charge is 0.230 e. The van der Waals surface area contributed by atoms with Crippen LogP contribution in [-0.2, 0) is 6.54 Å². The van der Waals surface area contributed by atoms with Crippen molar-refractivity contribution in [3.8, 4) is 0 Å². The van der Waals surface area contributed by atoms with E-state index in [-0.39, 0.29) is 11.9 Å². The summed E-state index contributed by atoms with van der Waals surface area (Å²) in [5.41, 5.74) is 0.859. The van der Waals surface area contributed by atoms with Crippen LogP contribution in [0.1, 0.15) is 29.8 Å². The molecule has 0 spiro atoms. The van der Waals surface area contributed by atoms with Crippen molar-refractivity contribution in [3.05, 3.63) is 47.4 Å². The van der Waals surface area contributed by atoms with Gasteiger partial charge in [0.1, 0.15) is 5.82 Å². The lowest BCUT2D eigenvalue weighted by Crippen LogP contribution is -2.24. The number of rotatable bonds is 3. The standard InChI is InChI=1S/C14H16FN3O2/c1-9-16-17-14(20-9)8-18-7-12(19)6-13(18)10-3-2-4-11(15)5-10/h2-5,12-13,19H,6-8H2,1H3/t12-,13-/m0/s1. The maximum Gasteiger partial charge on any atom is 0.230 e. The lowest BCUT2D eigenvalue weighted by Gasteiger charge is -2.22. The van der Waals surface area contributed by atoms with Gasteiger partial charge in [-0.15, -0.1) is 10.2 Å².